The van der Waals surface area contributed by atoms with E-state index in [4.69, 9.17) is 9.47 Å². The first-order valence-electron chi connectivity index (χ1n) is 10.3. The van der Waals surface area contributed by atoms with Crippen LogP contribution in [-0.4, -0.2) is 27.7 Å². The lowest BCUT2D eigenvalue weighted by molar-refractivity contribution is -0.0412. The van der Waals surface area contributed by atoms with Crippen molar-refractivity contribution in [3.63, 3.8) is 0 Å². The number of carbonyl (C=O) groups is 1. The third kappa shape index (κ3) is 3.70. The van der Waals surface area contributed by atoms with Gasteiger partial charge in [0.1, 0.15) is 29.0 Å². The SMILES string of the molecule is CC(C)=CCc1c(O)ccc2c1O[C@H](c1ccc3c(c1)CC(O)C(C)(C)O3)CC2=O. The second-order valence-corrected chi connectivity index (χ2v) is 8.95. The van der Waals surface area contributed by atoms with Crippen molar-refractivity contribution in [2.24, 2.45) is 0 Å². The molecule has 0 saturated heterocycles. The van der Waals surface area contributed by atoms with Gasteiger partial charge in [0.05, 0.1) is 18.1 Å². The lowest BCUT2D eigenvalue weighted by atomic mass is 9.88. The normalized spacial score (nSPS) is 21.7. The van der Waals surface area contributed by atoms with Gasteiger partial charge >= 0.3 is 0 Å². The smallest absolute Gasteiger partial charge is 0.170 e. The second-order valence-electron chi connectivity index (χ2n) is 8.95. The molecule has 2 aliphatic rings. The molecule has 4 rings (SSSR count). The van der Waals surface area contributed by atoms with Crippen molar-refractivity contribution in [2.75, 3.05) is 0 Å². The van der Waals surface area contributed by atoms with Gasteiger partial charge in [0.2, 0.25) is 0 Å². The van der Waals surface area contributed by atoms with E-state index in [1.807, 2.05) is 52.0 Å². The summed E-state index contributed by atoms with van der Waals surface area (Å²) in [5.74, 6) is 1.33. The zero-order chi connectivity index (χ0) is 21.6. The largest absolute Gasteiger partial charge is 0.508 e. The Morgan fingerprint density at radius 1 is 1.20 bits per heavy atom. The molecule has 2 N–H and O–H groups in total. The van der Waals surface area contributed by atoms with E-state index in [-0.39, 0.29) is 18.0 Å². The van der Waals surface area contributed by atoms with Crippen LogP contribution >= 0.6 is 0 Å². The molecule has 2 atom stereocenters. The number of carbonyl (C=O) groups excluding carboxylic acids is 1. The van der Waals surface area contributed by atoms with Crippen LogP contribution in [0.2, 0.25) is 0 Å². The number of rotatable bonds is 3. The summed E-state index contributed by atoms with van der Waals surface area (Å²) in [6.45, 7) is 7.72. The van der Waals surface area contributed by atoms with Gasteiger partial charge in [-0.3, -0.25) is 4.79 Å². The van der Waals surface area contributed by atoms with Crippen molar-refractivity contribution in [1.82, 2.24) is 0 Å². The summed E-state index contributed by atoms with van der Waals surface area (Å²) in [6, 6.07) is 8.94. The van der Waals surface area contributed by atoms with Gasteiger partial charge in [-0.25, -0.2) is 0 Å². The van der Waals surface area contributed by atoms with Gasteiger partial charge < -0.3 is 19.7 Å². The Morgan fingerprint density at radius 2 is 1.97 bits per heavy atom. The van der Waals surface area contributed by atoms with Crippen molar-refractivity contribution in [3.8, 4) is 17.2 Å². The Bertz CT molecular complexity index is 1030. The molecule has 0 aromatic heterocycles. The number of fused-ring (bicyclic) bond motifs is 2. The summed E-state index contributed by atoms with van der Waals surface area (Å²) in [4.78, 5) is 12.9. The Hall–Kier alpha value is -2.79. The average Bonchev–Trinajstić information content (AvgIpc) is 2.67. The molecule has 2 aromatic carbocycles. The third-order valence-corrected chi connectivity index (χ3v) is 5.93. The van der Waals surface area contributed by atoms with E-state index in [1.165, 1.54) is 0 Å². The van der Waals surface area contributed by atoms with E-state index in [2.05, 4.69) is 0 Å². The Morgan fingerprint density at radius 3 is 2.70 bits per heavy atom. The number of phenolic OH excluding ortho intramolecular Hbond substituents is 1. The molecule has 2 aromatic rings. The van der Waals surface area contributed by atoms with Gasteiger partial charge in [-0.2, -0.15) is 0 Å². The van der Waals surface area contributed by atoms with Crippen LogP contribution in [0.3, 0.4) is 0 Å². The minimum atomic E-state index is -0.637. The number of Topliss-reactive ketones (excluding diaryl/α,β-unsaturated/α-hetero) is 1. The van der Waals surface area contributed by atoms with Gasteiger partial charge in [0, 0.05) is 12.0 Å². The number of allylic oxidation sites excluding steroid dienone is 2. The van der Waals surface area contributed by atoms with Crippen molar-refractivity contribution in [1.29, 1.82) is 0 Å². The van der Waals surface area contributed by atoms with Gasteiger partial charge in [0.25, 0.3) is 0 Å². The number of benzene rings is 2. The van der Waals surface area contributed by atoms with Crippen LogP contribution in [0.5, 0.6) is 17.2 Å². The molecule has 0 spiro atoms. The Labute approximate surface area is 177 Å². The van der Waals surface area contributed by atoms with Crippen molar-refractivity contribution < 1.29 is 24.5 Å². The minimum absolute atomic E-state index is 0.00478. The zero-order valence-corrected chi connectivity index (χ0v) is 17.9. The molecule has 0 fully saturated rings. The van der Waals surface area contributed by atoms with Crippen LogP contribution in [-0.2, 0) is 12.8 Å². The van der Waals surface area contributed by atoms with Gasteiger partial charge in [-0.05, 0) is 69.5 Å². The zero-order valence-electron chi connectivity index (χ0n) is 17.9. The molecule has 2 heterocycles. The lowest BCUT2D eigenvalue weighted by Gasteiger charge is -2.37. The van der Waals surface area contributed by atoms with Crippen molar-refractivity contribution in [3.05, 3.63) is 64.2 Å². The second kappa shape index (κ2) is 7.47. The highest BCUT2D eigenvalue weighted by molar-refractivity contribution is 6.00. The average molecular weight is 408 g/mol. The molecule has 30 heavy (non-hydrogen) atoms. The van der Waals surface area contributed by atoms with Gasteiger partial charge in [0.15, 0.2) is 5.78 Å². The van der Waals surface area contributed by atoms with Crippen LogP contribution in [0.15, 0.2) is 42.0 Å². The van der Waals surface area contributed by atoms with Crippen molar-refractivity contribution >= 4 is 5.78 Å². The molecule has 0 aliphatic carbocycles. The van der Waals surface area contributed by atoms with Gasteiger partial charge in [-0.1, -0.05) is 17.7 Å². The summed E-state index contributed by atoms with van der Waals surface area (Å²) in [7, 11) is 0. The molecule has 2 aliphatic heterocycles. The maximum absolute atomic E-state index is 12.9. The molecule has 0 bridgehead atoms. The van der Waals surface area contributed by atoms with Crippen LogP contribution in [0.4, 0.5) is 0 Å². The molecule has 1 unspecified atom stereocenters. The third-order valence-electron chi connectivity index (χ3n) is 5.93. The lowest BCUT2D eigenvalue weighted by Crippen LogP contribution is -2.46. The molecule has 5 nitrogen and oxygen atoms in total. The monoisotopic (exact) mass is 408 g/mol. The summed E-state index contributed by atoms with van der Waals surface area (Å²) in [5, 5.41) is 20.8. The minimum Gasteiger partial charge on any atom is -0.508 e. The molecule has 0 radical (unpaired) electrons. The van der Waals surface area contributed by atoms with E-state index in [0.717, 1.165) is 22.4 Å². The Kier molecular flexibility index (Phi) is 5.10. The van der Waals surface area contributed by atoms with E-state index in [1.54, 1.807) is 12.1 Å². The topological polar surface area (TPSA) is 76.0 Å². The highest BCUT2D eigenvalue weighted by Crippen LogP contribution is 2.42. The number of hydrogen-bond acceptors (Lipinski definition) is 5. The fraction of sp³-hybridized carbons (Fsp3) is 0.400. The number of ketones is 1. The Balaban J connectivity index is 1.68. The van der Waals surface area contributed by atoms with E-state index in [9.17, 15) is 15.0 Å². The first-order chi connectivity index (χ1) is 14.2. The van der Waals surface area contributed by atoms with Gasteiger partial charge in [-0.15, -0.1) is 0 Å². The molecule has 158 valence electrons. The van der Waals surface area contributed by atoms with E-state index in [0.29, 0.717) is 29.7 Å². The highest BCUT2D eigenvalue weighted by Gasteiger charge is 2.37. The molecule has 0 saturated carbocycles. The van der Waals surface area contributed by atoms with Crippen LogP contribution in [0, 0.1) is 0 Å². The van der Waals surface area contributed by atoms with Crippen LogP contribution in [0.1, 0.15) is 67.3 Å². The number of phenols is 1. The van der Waals surface area contributed by atoms with Crippen LogP contribution in [0.25, 0.3) is 0 Å². The highest BCUT2D eigenvalue weighted by atomic mass is 16.5. The van der Waals surface area contributed by atoms with Crippen molar-refractivity contribution in [2.45, 2.75) is 64.8 Å². The molecular formula is C25H28O5. The van der Waals surface area contributed by atoms with Crippen LogP contribution < -0.4 is 9.47 Å². The summed E-state index contributed by atoms with van der Waals surface area (Å²) < 4.78 is 12.2. The number of aliphatic hydroxyl groups is 1. The number of aliphatic hydroxyl groups excluding tert-OH is 1. The van der Waals surface area contributed by atoms with E-state index < -0.39 is 17.8 Å². The standard InChI is InChI=1S/C25H28O5/c1-14(2)5-7-17-19(26)9-8-18-20(27)13-22(29-24(17)18)15-6-10-21-16(11-15)12-23(28)25(3,4)30-21/h5-6,8-11,22-23,26,28H,7,12-13H2,1-4H3/t22-,23?/m0/s1. The first-order valence-corrected chi connectivity index (χ1v) is 10.3. The quantitative estimate of drug-likeness (QED) is 0.721. The fourth-order valence-electron chi connectivity index (χ4n) is 3.99. The predicted octanol–water partition coefficient (Wildman–Crippen LogP) is 4.68. The maximum Gasteiger partial charge on any atom is 0.170 e. The maximum atomic E-state index is 12.9. The summed E-state index contributed by atoms with van der Waals surface area (Å²) >= 11 is 0. The first kappa shape index (κ1) is 20.5. The number of aromatic hydroxyl groups is 1. The summed E-state index contributed by atoms with van der Waals surface area (Å²) in [6.07, 6.45) is 2.16. The molecule has 0 amide bonds. The fourth-order valence-corrected chi connectivity index (χ4v) is 3.99. The molecule has 5 heteroatoms. The predicted molar refractivity (Wildman–Crippen MR) is 114 cm³/mol. The summed E-state index contributed by atoms with van der Waals surface area (Å²) in [5.41, 5.74) is 3.40. The number of hydrogen-bond donors (Lipinski definition) is 2. The van der Waals surface area contributed by atoms with E-state index >= 15 is 0 Å². The number of ether oxygens (including phenoxy) is 2. The molecular weight excluding hydrogens is 380 g/mol.